The first kappa shape index (κ1) is 25.0. The number of aromatic nitrogens is 4. The van der Waals surface area contributed by atoms with E-state index in [1.54, 1.807) is 17.9 Å². The molecule has 0 aliphatic carbocycles. The topological polar surface area (TPSA) is 85.0 Å². The Kier molecular flexibility index (Phi) is 6.82. The van der Waals surface area contributed by atoms with Gasteiger partial charge in [0.15, 0.2) is 5.82 Å². The first-order chi connectivity index (χ1) is 17.1. The van der Waals surface area contributed by atoms with Gasteiger partial charge in [0.2, 0.25) is 5.91 Å². The maximum Gasteiger partial charge on any atom is 0.417 e. The van der Waals surface area contributed by atoms with Crippen molar-refractivity contribution in [3.05, 3.63) is 71.8 Å². The molecule has 0 saturated carbocycles. The van der Waals surface area contributed by atoms with Crippen LogP contribution in [0.5, 0.6) is 0 Å². The molecular formula is C25H25F3N6O2. The Hall–Kier alpha value is -4.15. The zero-order valence-corrected chi connectivity index (χ0v) is 20.0. The number of anilines is 1. The molecule has 8 nitrogen and oxygen atoms in total. The molecule has 0 unspecified atom stereocenters. The Morgan fingerprint density at radius 1 is 1.06 bits per heavy atom. The third-order valence-electron chi connectivity index (χ3n) is 6.00. The quantitative estimate of drug-likeness (QED) is 0.401. The molecule has 0 aliphatic rings. The summed E-state index contributed by atoms with van der Waals surface area (Å²) in [5.41, 5.74) is 1.25. The number of likely N-dealkylation sites (N-methyl/N-ethyl adjacent to an activating group) is 1. The van der Waals surface area contributed by atoms with E-state index in [2.05, 4.69) is 15.4 Å². The minimum absolute atomic E-state index is 0.0323. The maximum absolute atomic E-state index is 12.9. The van der Waals surface area contributed by atoms with Crippen molar-refractivity contribution < 1.29 is 22.8 Å². The molecule has 0 fully saturated rings. The fourth-order valence-electron chi connectivity index (χ4n) is 3.98. The van der Waals surface area contributed by atoms with Crippen LogP contribution in [-0.4, -0.2) is 49.1 Å². The predicted molar refractivity (Wildman–Crippen MR) is 129 cm³/mol. The molecule has 1 aromatic carbocycles. The fourth-order valence-corrected chi connectivity index (χ4v) is 3.98. The van der Waals surface area contributed by atoms with Gasteiger partial charge in [-0.2, -0.15) is 18.3 Å². The largest absolute Gasteiger partial charge is 0.417 e. The molecule has 0 saturated heterocycles. The van der Waals surface area contributed by atoms with E-state index in [1.165, 1.54) is 16.9 Å². The van der Waals surface area contributed by atoms with Crippen LogP contribution < -0.4 is 5.32 Å². The molecule has 11 heteroatoms. The van der Waals surface area contributed by atoms with Gasteiger partial charge in [0.1, 0.15) is 6.54 Å². The average molecular weight is 499 g/mol. The standard InChI is InChI=1S/C25H25F3N6O2/c1-4-32(5-2)23(35)15-33-11-10-17-12-19(7-8-21(17)33)31-24(36)20-14-30-34(16(20)3)22-9-6-18(13-29-22)25(26,27)28/h6-14H,4-5,15H2,1-3H3,(H,31,36). The number of nitrogens with one attached hydrogen (secondary N) is 1. The lowest BCUT2D eigenvalue weighted by molar-refractivity contribution is -0.137. The number of alkyl halides is 3. The van der Waals surface area contributed by atoms with Gasteiger partial charge < -0.3 is 14.8 Å². The van der Waals surface area contributed by atoms with Gasteiger partial charge in [-0.25, -0.2) is 9.67 Å². The van der Waals surface area contributed by atoms with Crippen LogP contribution in [0.3, 0.4) is 0 Å². The van der Waals surface area contributed by atoms with E-state index in [1.807, 2.05) is 42.8 Å². The molecule has 1 N–H and O–H groups in total. The third-order valence-corrected chi connectivity index (χ3v) is 6.00. The summed E-state index contributed by atoms with van der Waals surface area (Å²) in [6, 6.07) is 9.38. The highest BCUT2D eigenvalue weighted by atomic mass is 19.4. The van der Waals surface area contributed by atoms with Gasteiger partial charge in [-0.05, 0) is 57.2 Å². The second-order valence-electron chi connectivity index (χ2n) is 8.20. The molecular weight excluding hydrogens is 473 g/mol. The Bertz CT molecular complexity index is 1400. The maximum atomic E-state index is 12.9. The van der Waals surface area contributed by atoms with Gasteiger partial charge in [0.05, 0.1) is 23.0 Å². The highest BCUT2D eigenvalue weighted by Gasteiger charge is 2.31. The van der Waals surface area contributed by atoms with Crippen LogP contribution in [0.4, 0.5) is 18.9 Å². The van der Waals surface area contributed by atoms with Gasteiger partial charge in [0.25, 0.3) is 5.91 Å². The number of halogens is 3. The average Bonchev–Trinajstić information content (AvgIpc) is 3.42. The molecule has 3 heterocycles. The summed E-state index contributed by atoms with van der Waals surface area (Å²) in [7, 11) is 0. The van der Waals surface area contributed by atoms with E-state index in [0.29, 0.717) is 24.5 Å². The Balaban J connectivity index is 1.50. The van der Waals surface area contributed by atoms with Crippen LogP contribution in [0.1, 0.15) is 35.5 Å². The van der Waals surface area contributed by atoms with E-state index < -0.39 is 17.6 Å². The van der Waals surface area contributed by atoms with Crippen molar-refractivity contribution >= 4 is 28.4 Å². The minimum Gasteiger partial charge on any atom is -0.342 e. The summed E-state index contributed by atoms with van der Waals surface area (Å²) in [6.45, 7) is 7.04. The number of pyridine rings is 1. The van der Waals surface area contributed by atoms with E-state index in [9.17, 15) is 22.8 Å². The lowest BCUT2D eigenvalue weighted by Gasteiger charge is -2.19. The third kappa shape index (κ3) is 4.95. The van der Waals surface area contributed by atoms with Gasteiger partial charge in [-0.3, -0.25) is 9.59 Å². The number of hydrogen-bond acceptors (Lipinski definition) is 4. The number of amides is 2. The second-order valence-corrected chi connectivity index (χ2v) is 8.20. The smallest absolute Gasteiger partial charge is 0.342 e. The Morgan fingerprint density at radius 2 is 1.81 bits per heavy atom. The summed E-state index contributed by atoms with van der Waals surface area (Å²) >= 11 is 0. The van der Waals surface area contributed by atoms with Gasteiger partial charge in [-0.15, -0.1) is 0 Å². The lowest BCUT2D eigenvalue weighted by atomic mass is 10.2. The molecule has 3 aromatic heterocycles. The summed E-state index contributed by atoms with van der Waals surface area (Å²) in [5.74, 6) is -0.215. The Labute approximate surface area is 205 Å². The molecule has 0 bridgehead atoms. The molecule has 4 aromatic rings. The molecule has 188 valence electrons. The van der Waals surface area contributed by atoms with Crippen molar-refractivity contribution in [1.29, 1.82) is 0 Å². The van der Waals surface area contributed by atoms with Gasteiger partial charge >= 0.3 is 6.18 Å². The number of benzene rings is 1. The van der Waals surface area contributed by atoms with Gasteiger partial charge in [-0.1, -0.05) is 0 Å². The number of nitrogens with zero attached hydrogens (tertiary/aromatic N) is 5. The van der Waals surface area contributed by atoms with Gasteiger partial charge in [0, 0.05) is 42.1 Å². The van der Waals surface area contributed by atoms with Crippen LogP contribution in [-0.2, 0) is 17.5 Å². The van der Waals surface area contributed by atoms with Crippen LogP contribution in [0.2, 0.25) is 0 Å². The Morgan fingerprint density at radius 3 is 2.44 bits per heavy atom. The van der Waals surface area contributed by atoms with E-state index in [0.717, 1.165) is 23.2 Å². The van der Waals surface area contributed by atoms with Crippen molar-refractivity contribution in [2.24, 2.45) is 0 Å². The highest BCUT2D eigenvalue weighted by molar-refractivity contribution is 6.05. The molecule has 0 radical (unpaired) electrons. The number of rotatable bonds is 7. The molecule has 4 rings (SSSR count). The van der Waals surface area contributed by atoms with Crippen molar-refractivity contribution in [1.82, 2.24) is 24.2 Å². The van der Waals surface area contributed by atoms with E-state index in [-0.39, 0.29) is 23.8 Å². The fraction of sp³-hybridized carbons (Fsp3) is 0.280. The second kappa shape index (κ2) is 9.84. The van der Waals surface area contributed by atoms with Crippen molar-refractivity contribution in [2.75, 3.05) is 18.4 Å². The first-order valence-corrected chi connectivity index (χ1v) is 11.4. The van der Waals surface area contributed by atoms with E-state index >= 15 is 0 Å². The molecule has 0 spiro atoms. The first-order valence-electron chi connectivity index (χ1n) is 11.4. The predicted octanol–water partition coefficient (Wildman–Crippen LogP) is 4.67. The number of carbonyl (C=O) groups is 2. The van der Waals surface area contributed by atoms with Crippen LogP contribution in [0, 0.1) is 6.92 Å². The summed E-state index contributed by atoms with van der Waals surface area (Å²) in [6.07, 6.45) is -0.577. The molecule has 2 amide bonds. The van der Waals surface area contributed by atoms with Crippen LogP contribution in [0.15, 0.2) is 55.0 Å². The van der Waals surface area contributed by atoms with Crippen LogP contribution >= 0.6 is 0 Å². The summed E-state index contributed by atoms with van der Waals surface area (Å²) < 4.78 is 41.6. The zero-order valence-electron chi connectivity index (χ0n) is 20.0. The lowest BCUT2D eigenvalue weighted by Crippen LogP contribution is -2.33. The minimum atomic E-state index is -4.49. The molecule has 0 atom stereocenters. The summed E-state index contributed by atoms with van der Waals surface area (Å²) in [4.78, 5) is 31.0. The zero-order chi connectivity index (χ0) is 26.0. The molecule has 0 aliphatic heterocycles. The summed E-state index contributed by atoms with van der Waals surface area (Å²) in [5, 5.41) is 7.81. The number of carbonyl (C=O) groups excluding carboxylic acids is 2. The van der Waals surface area contributed by atoms with Crippen molar-refractivity contribution in [2.45, 2.75) is 33.5 Å². The van der Waals surface area contributed by atoms with E-state index in [4.69, 9.17) is 0 Å². The van der Waals surface area contributed by atoms with Crippen molar-refractivity contribution in [3.63, 3.8) is 0 Å². The normalized spacial score (nSPS) is 11.6. The van der Waals surface area contributed by atoms with Crippen LogP contribution in [0.25, 0.3) is 16.7 Å². The number of fused-ring (bicyclic) bond motifs is 1. The SMILES string of the molecule is CCN(CC)C(=O)Cn1ccc2cc(NC(=O)c3cnn(-c4ccc(C(F)(F)F)cn4)c3C)ccc21. The monoisotopic (exact) mass is 498 g/mol. The highest BCUT2D eigenvalue weighted by Crippen LogP contribution is 2.29. The number of hydrogen-bond donors (Lipinski definition) is 1. The van der Waals surface area contributed by atoms with Crippen molar-refractivity contribution in [3.8, 4) is 5.82 Å². The molecule has 36 heavy (non-hydrogen) atoms.